The van der Waals surface area contributed by atoms with Gasteiger partial charge >= 0.3 is 0 Å². The van der Waals surface area contributed by atoms with Gasteiger partial charge in [-0.1, -0.05) is 11.6 Å². The molecule has 2 aromatic rings. The van der Waals surface area contributed by atoms with E-state index in [-0.39, 0.29) is 5.15 Å². The van der Waals surface area contributed by atoms with Crippen LogP contribution in [0.3, 0.4) is 0 Å². The van der Waals surface area contributed by atoms with E-state index in [2.05, 4.69) is 20.3 Å². The number of nitrogens with two attached hydrogens (primary N) is 1. The molecule has 6 heteroatoms. The first-order valence-corrected chi connectivity index (χ1v) is 6.27. The fraction of sp³-hybridized carbons (Fsp3) is 0.308. The van der Waals surface area contributed by atoms with Crippen LogP contribution in [0.15, 0.2) is 6.07 Å². The lowest BCUT2D eigenvalue weighted by Gasteiger charge is -2.14. The second kappa shape index (κ2) is 5.01. The standard InChI is InChI=1S/C13H16ClN5/c1-6-5-7(2)16-8(3)11(6)19-13-10(15)12(14)17-9(4)18-13/h5H,15H2,1-4H3,(H,17,18,19). The Bertz CT molecular complexity index is 616. The molecule has 0 aromatic carbocycles. The molecule has 5 nitrogen and oxygen atoms in total. The zero-order chi connectivity index (χ0) is 14.2. The highest BCUT2D eigenvalue weighted by molar-refractivity contribution is 6.32. The number of halogens is 1. The molecule has 19 heavy (non-hydrogen) atoms. The largest absolute Gasteiger partial charge is 0.393 e. The molecular formula is C13H16ClN5. The summed E-state index contributed by atoms with van der Waals surface area (Å²) in [6.45, 7) is 7.68. The molecule has 0 unspecified atom stereocenters. The molecule has 0 radical (unpaired) electrons. The van der Waals surface area contributed by atoms with Gasteiger partial charge in [-0.05, 0) is 39.3 Å². The van der Waals surface area contributed by atoms with Crippen molar-refractivity contribution in [2.24, 2.45) is 0 Å². The van der Waals surface area contributed by atoms with E-state index in [9.17, 15) is 0 Å². The van der Waals surface area contributed by atoms with E-state index >= 15 is 0 Å². The molecule has 0 amide bonds. The van der Waals surface area contributed by atoms with E-state index < -0.39 is 0 Å². The Balaban J connectivity index is 2.48. The molecule has 2 rings (SSSR count). The predicted octanol–water partition coefficient (Wildman–Crippen LogP) is 3.08. The molecular weight excluding hydrogens is 262 g/mol. The maximum absolute atomic E-state index is 5.96. The molecule has 0 aliphatic heterocycles. The number of rotatable bonds is 2. The van der Waals surface area contributed by atoms with Crippen LogP contribution in [0.4, 0.5) is 17.2 Å². The van der Waals surface area contributed by atoms with Crippen LogP contribution in [0.5, 0.6) is 0 Å². The van der Waals surface area contributed by atoms with Crippen molar-refractivity contribution in [3.63, 3.8) is 0 Å². The first-order valence-electron chi connectivity index (χ1n) is 5.90. The summed E-state index contributed by atoms with van der Waals surface area (Å²) in [7, 11) is 0. The van der Waals surface area contributed by atoms with Crippen LogP contribution in [0.1, 0.15) is 22.8 Å². The quantitative estimate of drug-likeness (QED) is 0.825. The van der Waals surface area contributed by atoms with Gasteiger partial charge < -0.3 is 11.1 Å². The van der Waals surface area contributed by atoms with Crippen molar-refractivity contribution in [3.8, 4) is 0 Å². The summed E-state index contributed by atoms with van der Waals surface area (Å²) in [5, 5.41) is 3.45. The number of hydrogen-bond acceptors (Lipinski definition) is 5. The maximum atomic E-state index is 5.96. The SMILES string of the molecule is Cc1cc(C)c(Nc2nc(C)nc(Cl)c2N)c(C)n1. The van der Waals surface area contributed by atoms with Crippen molar-refractivity contribution in [2.45, 2.75) is 27.7 Å². The Morgan fingerprint density at radius 1 is 1.11 bits per heavy atom. The Kier molecular flexibility index (Phi) is 3.57. The summed E-state index contributed by atoms with van der Waals surface area (Å²) in [5.41, 5.74) is 10.1. The lowest BCUT2D eigenvalue weighted by molar-refractivity contribution is 1.05. The van der Waals surface area contributed by atoms with Crippen molar-refractivity contribution in [1.82, 2.24) is 15.0 Å². The minimum atomic E-state index is 0.255. The number of pyridine rings is 1. The van der Waals surface area contributed by atoms with Crippen molar-refractivity contribution in [3.05, 3.63) is 34.0 Å². The minimum Gasteiger partial charge on any atom is -0.393 e. The molecule has 0 saturated carbocycles. The number of aryl methyl sites for hydroxylation is 4. The zero-order valence-electron chi connectivity index (χ0n) is 11.4. The number of nitrogen functional groups attached to an aromatic ring is 1. The van der Waals surface area contributed by atoms with Crippen LogP contribution in [0.25, 0.3) is 0 Å². The lowest BCUT2D eigenvalue weighted by atomic mass is 10.1. The van der Waals surface area contributed by atoms with Gasteiger partial charge in [0.05, 0.1) is 11.4 Å². The van der Waals surface area contributed by atoms with Crippen molar-refractivity contribution in [2.75, 3.05) is 11.1 Å². The summed E-state index contributed by atoms with van der Waals surface area (Å²) in [5.74, 6) is 1.08. The van der Waals surface area contributed by atoms with Crippen molar-refractivity contribution >= 4 is 28.8 Å². The van der Waals surface area contributed by atoms with Gasteiger partial charge in [-0.3, -0.25) is 4.98 Å². The van der Waals surface area contributed by atoms with Crippen LogP contribution >= 0.6 is 11.6 Å². The topological polar surface area (TPSA) is 76.7 Å². The highest BCUT2D eigenvalue weighted by Crippen LogP contribution is 2.29. The Morgan fingerprint density at radius 3 is 2.42 bits per heavy atom. The smallest absolute Gasteiger partial charge is 0.159 e. The van der Waals surface area contributed by atoms with Gasteiger partial charge in [0.15, 0.2) is 11.0 Å². The molecule has 0 spiro atoms. The van der Waals surface area contributed by atoms with Gasteiger partial charge in [-0.15, -0.1) is 0 Å². The van der Waals surface area contributed by atoms with Crippen molar-refractivity contribution < 1.29 is 0 Å². The van der Waals surface area contributed by atoms with Crippen molar-refractivity contribution in [1.29, 1.82) is 0 Å². The van der Waals surface area contributed by atoms with Crippen LogP contribution in [0, 0.1) is 27.7 Å². The Labute approximate surface area is 117 Å². The summed E-state index contributed by atoms with van der Waals surface area (Å²) >= 11 is 5.96. The minimum absolute atomic E-state index is 0.255. The number of nitrogens with zero attached hydrogens (tertiary/aromatic N) is 3. The molecule has 3 N–H and O–H groups in total. The Hall–Kier alpha value is -1.88. The summed E-state index contributed by atoms with van der Waals surface area (Å²) < 4.78 is 0. The molecule has 2 aromatic heterocycles. The van der Waals surface area contributed by atoms with E-state index in [1.165, 1.54) is 0 Å². The normalized spacial score (nSPS) is 10.6. The van der Waals surface area contributed by atoms with Crippen LogP contribution in [0.2, 0.25) is 5.15 Å². The van der Waals surface area contributed by atoms with Gasteiger partial charge in [-0.2, -0.15) is 0 Å². The van der Waals surface area contributed by atoms with Gasteiger partial charge in [0.2, 0.25) is 0 Å². The van der Waals surface area contributed by atoms with Crippen LogP contribution in [-0.4, -0.2) is 15.0 Å². The third-order valence-electron chi connectivity index (χ3n) is 2.78. The van der Waals surface area contributed by atoms with Gasteiger partial charge in [0.1, 0.15) is 11.5 Å². The molecule has 0 aliphatic carbocycles. The first-order chi connectivity index (χ1) is 8.88. The molecule has 100 valence electrons. The molecule has 2 heterocycles. The highest BCUT2D eigenvalue weighted by atomic mass is 35.5. The van der Waals surface area contributed by atoms with Crippen LogP contribution in [-0.2, 0) is 0 Å². The average Bonchev–Trinajstić information content (AvgIpc) is 2.29. The highest BCUT2D eigenvalue weighted by Gasteiger charge is 2.12. The molecule has 0 aliphatic rings. The van der Waals surface area contributed by atoms with E-state index in [0.29, 0.717) is 17.3 Å². The van der Waals surface area contributed by atoms with E-state index in [1.54, 1.807) is 6.92 Å². The molecule has 0 fully saturated rings. The molecule has 0 atom stereocenters. The molecule has 0 bridgehead atoms. The summed E-state index contributed by atoms with van der Waals surface area (Å²) in [4.78, 5) is 12.7. The monoisotopic (exact) mass is 277 g/mol. The second-order valence-corrected chi connectivity index (χ2v) is 4.85. The number of hydrogen-bond donors (Lipinski definition) is 2. The number of nitrogens with one attached hydrogen (secondary N) is 1. The summed E-state index contributed by atoms with van der Waals surface area (Å²) in [6.07, 6.45) is 0. The van der Waals surface area contributed by atoms with Gasteiger partial charge in [-0.25, -0.2) is 9.97 Å². The average molecular weight is 278 g/mol. The predicted molar refractivity (Wildman–Crippen MR) is 77.9 cm³/mol. The Morgan fingerprint density at radius 2 is 1.79 bits per heavy atom. The van der Waals surface area contributed by atoms with Crippen LogP contribution < -0.4 is 11.1 Å². The second-order valence-electron chi connectivity index (χ2n) is 4.49. The van der Waals surface area contributed by atoms with Gasteiger partial charge in [0.25, 0.3) is 0 Å². The zero-order valence-corrected chi connectivity index (χ0v) is 12.1. The first kappa shape index (κ1) is 13.5. The van der Waals surface area contributed by atoms with E-state index in [4.69, 9.17) is 17.3 Å². The lowest BCUT2D eigenvalue weighted by Crippen LogP contribution is -2.06. The van der Waals surface area contributed by atoms with Gasteiger partial charge in [0, 0.05) is 5.69 Å². The third kappa shape index (κ3) is 2.76. The number of anilines is 3. The summed E-state index contributed by atoms with van der Waals surface area (Å²) in [6, 6.07) is 2.00. The van der Waals surface area contributed by atoms with E-state index in [1.807, 2.05) is 26.8 Å². The molecule has 0 saturated heterocycles. The third-order valence-corrected chi connectivity index (χ3v) is 3.07. The van der Waals surface area contributed by atoms with E-state index in [0.717, 1.165) is 22.6 Å². The number of aromatic nitrogens is 3. The fourth-order valence-electron chi connectivity index (χ4n) is 1.97. The fourth-order valence-corrected chi connectivity index (χ4v) is 2.19. The maximum Gasteiger partial charge on any atom is 0.159 e.